The maximum atomic E-state index is 13.2. The number of hydrogen-bond donors (Lipinski definition) is 1. The first-order chi connectivity index (χ1) is 10.6. The van der Waals surface area contributed by atoms with Crippen LogP contribution in [0.2, 0.25) is 0 Å². The van der Waals surface area contributed by atoms with E-state index in [1.54, 1.807) is 24.7 Å². The van der Waals surface area contributed by atoms with Gasteiger partial charge in [-0.1, -0.05) is 0 Å². The van der Waals surface area contributed by atoms with E-state index in [1.165, 1.54) is 12.1 Å². The molecule has 2 heterocycles. The summed E-state index contributed by atoms with van der Waals surface area (Å²) in [6.45, 7) is 4.15. The number of nitrogens with zero attached hydrogens (tertiary/aromatic N) is 3. The second-order valence-corrected chi connectivity index (χ2v) is 5.62. The fourth-order valence-electron chi connectivity index (χ4n) is 2.33. The molecule has 112 valence electrons. The summed E-state index contributed by atoms with van der Waals surface area (Å²) in [7, 11) is 0. The molecule has 0 aliphatic heterocycles. The Bertz CT molecular complexity index is 849. The minimum absolute atomic E-state index is 0.219. The first kappa shape index (κ1) is 14.6. The number of hydrogen-bond acceptors (Lipinski definition) is 3. The third-order valence-corrected chi connectivity index (χ3v) is 3.59. The van der Waals surface area contributed by atoms with Crippen LogP contribution in [-0.2, 0) is 0 Å². The fraction of sp³-hybridized carbons (Fsp3) is 0.188. The molecule has 2 aromatic heterocycles. The third kappa shape index (κ3) is 2.69. The van der Waals surface area contributed by atoms with Crippen molar-refractivity contribution in [1.82, 2.24) is 19.5 Å². The SMILES string of the molecule is CC(C)n1cnc(-c2ccc(F)cc2)c1-c1cc[nH]c(=S)n1. The van der Waals surface area contributed by atoms with Crippen LogP contribution in [0.3, 0.4) is 0 Å². The van der Waals surface area contributed by atoms with Gasteiger partial charge < -0.3 is 9.55 Å². The molecule has 0 aliphatic rings. The Hall–Kier alpha value is -2.34. The molecule has 0 spiro atoms. The van der Waals surface area contributed by atoms with Crippen LogP contribution in [0.5, 0.6) is 0 Å². The Morgan fingerprint density at radius 2 is 1.91 bits per heavy atom. The van der Waals surface area contributed by atoms with Crippen LogP contribution < -0.4 is 0 Å². The van der Waals surface area contributed by atoms with Gasteiger partial charge in [0, 0.05) is 17.8 Å². The summed E-state index contributed by atoms with van der Waals surface area (Å²) in [4.78, 5) is 11.8. The van der Waals surface area contributed by atoms with E-state index in [9.17, 15) is 4.39 Å². The van der Waals surface area contributed by atoms with Gasteiger partial charge in [0.25, 0.3) is 0 Å². The van der Waals surface area contributed by atoms with E-state index in [-0.39, 0.29) is 11.9 Å². The number of aromatic amines is 1. The average molecular weight is 314 g/mol. The monoisotopic (exact) mass is 314 g/mol. The highest BCUT2D eigenvalue weighted by atomic mass is 32.1. The van der Waals surface area contributed by atoms with Crippen LogP contribution in [-0.4, -0.2) is 19.5 Å². The van der Waals surface area contributed by atoms with Crippen LogP contribution in [0, 0.1) is 10.6 Å². The van der Waals surface area contributed by atoms with E-state index in [0.717, 1.165) is 22.6 Å². The predicted molar refractivity (Wildman–Crippen MR) is 86.4 cm³/mol. The van der Waals surface area contributed by atoms with E-state index >= 15 is 0 Å². The van der Waals surface area contributed by atoms with Gasteiger partial charge in [0.05, 0.1) is 23.4 Å². The zero-order chi connectivity index (χ0) is 15.7. The van der Waals surface area contributed by atoms with Gasteiger partial charge in [-0.2, -0.15) is 0 Å². The Balaban J connectivity index is 2.24. The molecule has 6 heteroatoms. The second kappa shape index (κ2) is 5.81. The number of rotatable bonds is 3. The van der Waals surface area contributed by atoms with E-state index in [1.807, 2.05) is 10.6 Å². The highest BCUT2D eigenvalue weighted by molar-refractivity contribution is 7.71. The molecular formula is C16H15FN4S. The van der Waals surface area contributed by atoms with Crippen LogP contribution in [0.1, 0.15) is 19.9 Å². The maximum Gasteiger partial charge on any atom is 0.197 e. The molecule has 0 radical (unpaired) electrons. The molecule has 0 unspecified atom stereocenters. The third-order valence-electron chi connectivity index (χ3n) is 3.38. The molecule has 0 amide bonds. The number of aromatic nitrogens is 4. The highest BCUT2D eigenvalue weighted by Crippen LogP contribution is 2.31. The second-order valence-electron chi connectivity index (χ2n) is 5.23. The molecule has 3 aromatic rings. The van der Waals surface area contributed by atoms with Gasteiger partial charge in [0.2, 0.25) is 0 Å². The molecule has 0 fully saturated rings. The standard InChI is InChI=1S/C16H15FN4S/c1-10(2)21-9-19-14(11-3-5-12(17)6-4-11)15(21)13-7-8-18-16(22)20-13/h3-10H,1-2H3,(H,18,20,22). The van der Waals surface area contributed by atoms with Crippen molar-refractivity contribution >= 4 is 12.2 Å². The first-order valence-corrected chi connectivity index (χ1v) is 7.36. The van der Waals surface area contributed by atoms with Crippen molar-refractivity contribution in [2.45, 2.75) is 19.9 Å². The molecule has 3 rings (SSSR count). The Morgan fingerprint density at radius 3 is 2.55 bits per heavy atom. The normalized spacial score (nSPS) is 11.1. The minimum Gasteiger partial charge on any atom is -0.337 e. The Morgan fingerprint density at radius 1 is 1.18 bits per heavy atom. The van der Waals surface area contributed by atoms with Gasteiger partial charge in [-0.15, -0.1) is 0 Å². The molecule has 1 aromatic carbocycles. The summed E-state index contributed by atoms with van der Waals surface area (Å²) in [6, 6.07) is 8.37. The molecule has 0 saturated carbocycles. The largest absolute Gasteiger partial charge is 0.337 e. The highest BCUT2D eigenvalue weighted by Gasteiger charge is 2.17. The molecule has 22 heavy (non-hydrogen) atoms. The quantitative estimate of drug-likeness (QED) is 0.729. The number of H-pyrrole nitrogens is 1. The van der Waals surface area contributed by atoms with Crippen molar-refractivity contribution < 1.29 is 4.39 Å². The van der Waals surface area contributed by atoms with Crippen molar-refractivity contribution in [3.8, 4) is 22.6 Å². The summed E-state index contributed by atoms with van der Waals surface area (Å²) in [5.74, 6) is -0.270. The first-order valence-electron chi connectivity index (χ1n) is 6.95. The van der Waals surface area contributed by atoms with E-state index in [2.05, 4.69) is 28.8 Å². The number of imidazole rings is 1. The zero-order valence-electron chi connectivity index (χ0n) is 12.2. The van der Waals surface area contributed by atoms with Crippen LogP contribution in [0.25, 0.3) is 22.6 Å². The summed E-state index contributed by atoms with van der Waals surface area (Å²) in [5, 5.41) is 0. The summed E-state index contributed by atoms with van der Waals surface area (Å²) in [6.07, 6.45) is 3.54. The minimum atomic E-state index is -0.270. The fourth-order valence-corrected chi connectivity index (χ4v) is 2.49. The summed E-state index contributed by atoms with van der Waals surface area (Å²) >= 11 is 5.11. The van der Waals surface area contributed by atoms with Gasteiger partial charge in [0.15, 0.2) is 4.77 Å². The average Bonchev–Trinajstić information content (AvgIpc) is 2.93. The molecule has 0 saturated heterocycles. The van der Waals surface area contributed by atoms with Crippen LogP contribution in [0.4, 0.5) is 4.39 Å². The molecular weight excluding hydrogens is 299 g/mol. The van der Waals surface area contributed by atoms with Crippen LogP contribution in [0.15, 0.2) is 42.9 Å². The van der Waals surface area contributed by atoms with Crippen molar-refractivity contribution in [1.29, 1.82) is 0 Å². The van der Waals surface area contributed by atoms with E-state index < -0.39 is 0 Å². The van der Waals surface area contributed by atoms with Gasteiger partial charge in [-0.3, -0.25) is 0 Å². The smallest absolute Gasteiger partial charge is 0.197 e. The van der Waals surface area contributed by atoms with Crippen LogP contribution >= 0.6 is 12.2 Å². The predicted octanol–water partition coefficient (Wildman–Crippen LogP) is 4.39. The van der Waals surface area contributed by atoms with Gasteiger partial charge in [-0.25, -0.2) is 14.4 Å². The lowest BCUT2D eigenvalue weighted by Gasteiger charge is -2.13. The number of nitrogens with one attached hydrogen (secondary N) is 1. The molecule has 0 atom stereocenters. The molecule has 1 N–H and O–H groups in total. The molecule has 0 bridgehead atoms. The lowest BCUT2D eigenvalue weighted by Crippen LogP contribution is -2.03. The van der Waals surface area contributed by atoms with Gasteiger partial charge in [-0.05, 0) is 56.4 Å². The zero-order valence-corrected chi connectivity index (χ0v) is 13.1. The molecule has 0 aliphatic carbocycles. The maximum absolute atomic E-state index is 13.2. The summed E-state index contributed by atoms with van der Waals surface area (Å²) in [5.41, 5.74) is 3.23. The van der Waals surface area contributed by atoms with E-state index in [0.29, 0.717) is 4.77 Å². The van der Waals surface area contributed by atoms with Crippen molar-refractivity contribution in [2.75, 3.05) is 0 Å². The Kier molecular flexibility index (Phi) is 3.85. The van der Waals surface area contributed by atoms with Crippen molar-refractivity contribution in [3.05, 3.63) is 53.4 Å². The van der Waals surface area contributed by atoms with Gasteiger partial charge >= 0.3 is 0 Å². The topological polar surface area (TPSA) is 46.5 Å². The van der Waals surface area contributed by atoms with Gasteiger partial charge in [0.1, 0.15) is 5.82 Å². The lowest BCUT2D eigenvalue weighted by atomic mass is 10.1. The summed E-state index contributed by atoms with van der Waals surface area (Å²) < 4.78 is 15.6. The number of halogens is 1. The van der Waals surface area contributed by atoms with Crippen molar-refractivity contribution in [2.24, 2.45) is 0 Å². The van der Waals surface area contributed by atoms with Crippen molar-refractivity contribution in [3.63, 3.8) is 0 Å². The number of benzene rings is 1. The molecule has 4 nitrogen and oxygen atoms in total. The Labute approximate surface area is 132 Å². The van der Waals surface area contributed by atoms with E-state index in [4.69, 9.17) is 12.2 Å². The lowest BCUT2D eigenvalue weighted by molar-refractivity contribution is 0.604.